The Hall–Kier alpha value is -4.00. The van der Waals surface area contributed by atoms with Crippen LogP contribution in [0.25, 0.3) is 11.8 Å². The molecule has 1 aliphatic rings. The highest BCUT2D eigenvalue weighted by Crippen LogP contribution is 2.25. The lowest BCUT2D eigenvalue weighted by molar-refractivity contribution is -0.112. The Morgan fingerprint density at radius 2 is 1.95 bits per heavy atom. The molecule has 6 nitrogen and oxygen atoms in total. The van der Waals surface area contributed by atoms with Gasteiger partial charge in [-0.3, -0.25) is 9.79 Å². The van der Waals surface area contributed by atoms with Crippen molar-refractivity contribution in [2.75, 3.05) is 11.9 Å². The number of benzene rings is 1. The number of hydrogen-bond acceptors (Lipinski definition) is 4. The van der Waals surface area contributed by atoms with Crippen LogP contribution in [0.1, 0.15) is 65.8 Å². The van der Waals surface area contributed by atoms with E-state index < -0.39 is 0 Å². The first kappa shape index (κ1) is 31.2. The summed E-state index contributed by atoms with van der Waals surface area (Å²) in [4.78, 5) is 21.5. The second-order valence-corrected chi connectivity index (χ2v) is 9.57. The Bertz CT molecular complexity index is 1290. The molecule has 0 fully saturated rings. The van der Waals surface area contributed by atoms with Gasteiger partial charge in [-0.2, -0.15) is 0 Å². The van der Waals surface area contributed by atoms with Crippen molar-refractivity contribution in [2.45, 2.75) is 54.4 Å². The van der Waals surface area contributed by atoms with E-state index in [1.54, 1.807) is 30.6 Å². The zero-order valence-electron chi connectivity index (χ0n) is 24.3. The molecule has 39 heavy (non-hydrogen) atoms. The molecule has 1 aliphatic heterocycles. The largest absolute Gasteiger partial charge is 0.385 e. The summed E-state index contributed by atoms with van der Waals surface area (Å²) < 4.78 is 15.1. The Morgan fingerprint density at radius 1 is 1.28 bits per heavy atom. The van der Waals surface area contributed by atoms with E-state index in [2.05, 4.69) is 48.0 Å². The van der Waals surface area contributed by atoms with Gasteiger partial charge in [0.1, 0.15) is 11.6 Å². The molecule has 0 radical (unpaired) electrons. The van der Waals surface area contributed by atoms with Crippen LogP contribution in [-0.2, 0) is 11.8 Å². The summed E-state index contributed by atoms with van der Waals surface area (Å²) in [7, 11) is 1.85. The number of aromatic nitrogens is 2. The molecule has 7 heteroatoms. The number of anilines is 1. The first-order valence-corrected chi connectivity index (χ1v) is 13.4. The maximum absolute atomic E-state index is 13.3. The van der Waals surface area contributed by atoms with Crippen LogP contribution in [0, 0.1) is 11.7 Å². The normalized spacial score (nSPS) is 13.9. The highest BCUT2D eigenvalue weighted by molar-refractivity contribution is 6.05. The van der Waals surface area contributed by atoms with Gasteiger partial charge in [-0.15, -0.1) is 0 Å². The van der Waals surface area contributed by atoms with Gasteiger partial charge in [0, 0.05) is 42.8 Å². The molecule has 2 N–H and O–H groups in total. The number of amides is 1. The number of nitrogens with one attached hydrogen (secondary N) is 2. The standard InChI is InChI=1S/C26H28FN5O.C6H14/c1-6-28-25(20-8-10-22(27)11-9-20)19(4)17(2)7-12-24-30-23(16-32(24)5)31-26(33)21-13-14-29-18(3)15-21;1-4-6(3)5-2/h6-13,15-16,29H,2,14H2,1,3-5H3,(H,31,33);6H,4-5H2,1-3H3/b12-7-,25-19+,28-6?;. The van der Waals surface area contributed by atoms with Crippen molar-refractivity contribution in [3.63, 3.8) is 0 Å². The topological polar surface area (TPSA) is 71.3 Å². The minimum absolute atomic E-state index is 0.200. The van der Waals surface area contributed by atoms with Gasteiger partial charge in [0.25, 0.3) is 5.91 Å². The van der Waals surface area contributed by atoms with E-state index in [1.807, 2.05) is 50.6 Å². The predicted molar refractivity (Wildman–Crippen MR) is 163 cm³/mol. The van der Waals surface area contributed by atoms with Crippen molar-refractivity contribution in [1.29, 1.82) is 0 Å². The summed E-state index contributed by atoms with van der Waals surface area (Å²) in [5.74, 6) is 1.56. The van der Waals surface area contributed by atoms with Gasteiger partial charge in [0.15, 0.2) is 5.82 Å². The molecule has 2 aromatic rings. The third kappa shape index (κ3) is 9.67. The van der Waals surface area contributed by atoms with E-state index in [-0.39, 0.29) is 11.7 Å². The minimum Gasteiger partial charge on any atom is -0.385 e. The molecule has 0 unspecified atom stereocenters. The number of halogens is 1. The summed E-state index contributed by atoms with van der Waals surface area (Å²) in [5, 5.41) is 5.99. The number of carbonyl (C=O) groups excluding carboxylic acids is 1. The van der Waals surface area contributed by atoms with Crippen molar-refractivity contribution in [2.24, 2.45) is 18.0 Å². The fourth-order valence-electron chi connectivity index (χ4n) is 3.57. The molecule has 0 bridgehead atoms. The smallest absolute Gasteiger partial charge is 0.256 e. The maximum Gasteiger partial charge on any atom is 0.256 e. The van der Waals surface area contributed by atoms with Crippen molar-refractivity contribution < 1.29 is 9.18 Å². The highest BCUT2D eigenvalue weighted by atomic mass is 19.1. The Morgan fingerprint density at radius 3 is 2.51 bits per heavy atom. The number of allylic oxidation sites excluding steroid dienone is 4. The van der Waals surface area contributed by atoms with Crippen LogP contribution in [0.15, 0.2) is 82.7 Å². The van der Waals surface area contributed by atoms with E-state index in [9.17, 15) is 9.18 Å². The van der Waals surface area contributed by atoms with Gasteiger partial charge in [-0.05, 0) is 74.3 Å². The number of hydrogen-bond donors (Lipinski definition) is 2. The van der Waals surface area contributed by atoms with E-state index in [1.165, 1.54) is 25.0 Å². The van der Waals surface area contributed by atoms with Crippen LogP contribution in [0.3, 0.4) is 0 Å². The van der Waals surface area contributed by atoms with Crippen molar-refractivity contribution in [3.8, 4) is 0 Å². The molecule has 1 aromatic carbocycles. The molecule has 3 rings (SSSR count). The van der Waals surface area contributed by atoms with Crippen LogP contribution < -0.4 is 10.6 Å². The molecule has 2 heterocycles. The number of dihydropyridines is 1. The Balaban J connectivity index is 0.000000798. The van der Waals surface area contributed by atoms with E-state index in [0.29, 0.717) is 23.8 Å². The summed E-state index contributed by atoms with van der Waals surface area (Å²) in [6.45, 7) is 17.2. The number of aryl methyl sites for hydroxylation is 1. The molecule has 0 spiro atoms. The first-order chi connectivity index (χ1) is 18.6. The summed E-state index contributed by atoms with van der Waals surface area (Å²) in [5.41, 5.74) is 4.68. The lowest BCUT2D eigenvalue weighted by Crippen LogP contribution is -2.21. The second-order valence-electron chi connectivity index (χ2n) is 9.57. The Kier molecular flexibility index (Phi) is 12.3. The van der Waals surface area contributed by atoms with Gasteiger partial charge < -0.3 is 15.2 Å². The average molecular weight is 532 g/mol. The highest BCUT2D eigenvalue weighted by Gasteiger charge is 2.13. The quantitative estimate of drug-likeness (QED) is 0.260. The zero-order chi connectivity index (χ0) is 28.9. The molecule has 0 saturated carbocycles. The maximum atomic E-state index is 13.3. The molecule has 208 valence electrons. The van der Waals surface area contributed by atoms with Gasteiger partial charge in [-0.1, -0.05) is 52.3 Å². The van der Waals surface area contributed by atoms with Crippen molar-refractivity contribution in [3.05, 3.63) is 94.9 Å². The minimum atomic E-state index is -0.296. The third-order valence-corrected chi connectivity index (χ3v) is 6.53. The van der Waals surface area contributed by atoms with Crippen molar-refractivity contribution >= 4 is 29.7 Å². The van der Waals surface area contributed by atoms with Crippen LogP contribution in [0.5, 0.6) is 0 Å². The molecule has 0 aliphatic carbocycles. The molecule has 1 amide bonds. The molecule has 0 atom stereocenters. The number of nitrogens with zero attached hydrogens (tertiary/aromatic N) is 3. The first-order valence-electron chi connectivity index (χ1n) is 13.4. The van der Waals surface area contributed by atoms with Gasteiger partial charge in [0.05, 0.1) is 5.70 Å². The lowest BCUT2D eigenvalue weighted by Gasteiger charge is -2.12. The van der Waals surface area contributed by atoms with Crippen LogP contribution >= 0.6 is 0 Å². The van der Waals surface area contributed by atoms with Crippen molar-refractivity contribution in [1.82, 2.24) is 14.9 Å². The van der Waals surface area contributed by atoms with Crippen LogP contribution in [0.4, 0.5) is 10.2 Å². The monoisotopic (exact) mass is 531 g/mol. The zero-order valence-corrected chi connectivity index (χ0v) is 24.3. The molecule has 1 aromatic heterocycles. The van der Waals surface area contributed by atoms with Crippen LogP contribution in [0.2, 0.25) is 0 Å². The average Bonchev–Trinajstić information content (AvgIpc) is 3.28. The molecule has 0 saturated heterocycles. The second kappa shape index (κ2) is 15.4. The SMILES string of the molecule is C=C(/C=C\c1nc(NC(=O)C2=CCNC(C)=C2)cn1C)/C(C)=C(/N=CC)c1ccc(F)cc1.CCC(C)CC. The number of aliphatic imine (C=N–C) groups is 1. The van der Waals surface area contributed by atoms with E-state index >= 15 is 0 Å². The summed E-state index contributed by atoms with van der Waals surface area (Å²) in [6.07, 6.45) is 13.4. The summed E-state index contributed by atoms with van der Waals surface area (Å²) >= 11 is 0. The van der Waals surface area contributed by atoms with E-state index in [4.69, 9.17) is 0 Å². The molecular formula is C32H42FN5O. The number of carbonyl (C=O) groups is 1. The predicted octanol–water partition coefficient (Wildman–Crippen LogP) is 7.46. The number of rotatable bonds is 9. The van der Waals surface area contributed by atoms with Crippen LogP contribution in [-0.4, -0.2) is 28.2 Å². The van der Waals surface area contributed by atoms with Gasteiger partial charge in [-0.25, -0.2) is 9.37 Å². The third-order valence-electron chi connectivity index (χ3n) is 6.53. The van der Waals surface area contributed by atoms with Gasteiger partial charge in [0.2, 0.25) is 0 Å². The van der Waals surface area contributed by atoms with Gasteiger partial charge >= 0.3 is 0 Å². The number of imidazole rings is 1. The molecular weight excluding hydrogens is 489 g/mol. The lowest BCUT2D eigenvalue weighted by atomic mass is 10.0. The fraction of sp³-hybridized carbons (Fsp3) is 0.344. The summed E-state index contributed by atoms with van der Waals surface area (Å²) in [6, 6.07) is 6.21. The Labute approximate surface area is 232 Å². The van der Waals surface area contributed by atoms with E-state index in [0.717, 1.165) is 34.0 Å². The fourth-order valence-corrected chi connectivity index (χ4v) is 3.57.